The minimum absolute atomic E-state index is 0.963. The van der Waals surface area contributed by atoms with Gasteiger partial charge in [0, 0.05) is 6.54 Å². The Morgan fingerprint density at radius 2 is 1.90 bits per heavy atom. The zero-order chi connectivity index (χ0) is 7.23. The second-order valence-electron chi connectivity index (χ2n) is 3.25. The van der Waals surface area contributed by atoms with Crippen molar-refractivity contribution in [3.05, 3.63) is 0 Å². The molecule has 1 aliphatic carbocycles. The Morgan fingerprint density at radius 1 is 1.20 bits per heavy atom. The van der Waals surface area contributed by atoms with Gasteiger partial charge in [-0.15, -0.1) is 0 Å². The molecule has 0 aromatic rings. The molecule has 2 nitrogen and oxygen atoms in total. The van der Waals surface area contributed by atoms with Gasteiger partial charge in [0.15, 0.2) is 0 Å². The summed E-state index contributed by atoms with van der Waals surface area (Å²) in [7, 11) is 0. The summed E-state index contributed by atoms with van der Waals surface area (Å²) in [5.41, 5.74) is 2.71. The van der Waals surface area contributed by atoms with E-state index in [1.807, 2.05) is 0 Å². The molecule has 0 amide bonds. The van der Waals surface area contributed by atoms with Crippen molar-refractivity contribution in [2.45, 2.75) is 38.5 Å². The SMILES string of the molecule is NNCCC1CCCCC1. The van der Waals surface area contributed by atoms with E-state index in [4.69, 9.17) is 5.84 Å². The van der Waals surface area contributed by atoms with E-state index in [0.29, 0.717) is 0 Å². The maximum Gasteiger partial charge on any atom is 0.01000 e. The van der Waals surface area contributed by atoms with E-state index < -0.39 is 0 Å². The summed E-state index contributed by atoms with van der Waals surface area (Å²) in [5.74, 6) is 6.16. The average molecular weight is 142 g/mol. The largest absolute Gasteiger partial charge is 0.271 e. The molecule has 0 aromatic heterocycles. The van der Waals surface area contributed by atoms with Crippen molar-refractivity contribution in [1.29, 1.82) is 0 Å². The summed E-state index contributed by atoms with van der Waals surface area (Å²) in [6, 6.07) is 0. The quantitative estimate of drug-likeness (QED) is 0.462. The minimum Gasteiger partial charge on any atom is -0.271 e. The van der Waals surface area contributed by atoms with E-state index in [9.17, 15) is 0 Å². The Labute approximate surface area is 63.1 Å². The Kier molecular flexibility index (Phi) is 3.76. The molecule has 0 radical (unpaired) electrons. The lowest BCUT2D eigenvalue weighted by Crippen LogP contribution is -2.25. The lowest BCUT2D eigenvalue weighted by molar-refractivity contribution is 0.335. The van der Waals surface area contributed by atoms with Crippen LogP contribution in [0.2, 0.25) is 0 Å². The smallest absolute Gasteiger partial charge is 0.01000 e. The third-order valence-corrected chi connectivity index (χ3v) is 2.42. The molecule has 0 aliphatic heterocycles. The number of nitrogens with one attached hydrogen (secondary N) is 1. The third kappa shape index (κ3) is 2.67. The van der Waals surface area contributed by atoms with Gasteiger partial charge in [-0.1, -0.05) is 32.1 Å². The molecule has 2 heteroatoms. The Balaban J connectivity index is 2.02. The average Bonchev–Trinajstić information content (AvgIpc) is 2.03. The molecule has 0 atom stereocenters. The van der Waals surface area contributed by atoms with Crippen LogP contribution < -0.4 is 11.3 Å². The molecule has 1 aliphatic rings. The molecule has 0 aromatic carbocycles. The van der Waals surface area contributed by atoms with Gasteiger partial charge in [0.25, 0.3) is 0 Å². The highest BCUT2D eigenvalue weighted by Gasteiger charge is 2.11. The van der Waals surface area contributed by atoms with Gasteiger partial charge in [0.1, 0.15) is 0 Å². The van der Waals surface area contributed by atoms with Crippen molar-refractivity contribution in [2.24, 2.45) is 11.8 Å². The van der Waals surface area contributed by atoms with Crippen LogP contribution in [0.1, 0.15) is 38.5 Å². The van der Waals surface area contributed by atoms with Crippen LogP contribution in [0.25, 0.3) is 0 Å². The first-order chi connectivity index (χ1) is 4.93. The fourth-order valence-corrected chi connectivity index (χ4v) is 1.76. The van der Waals surface area contributed by atoms with Crippen LogP contribution >= 0.6 is 0 Å². The van der Waals surface area contributed by atoms with Crippen LogP contribution in [0.4, 0.5) is 0 Å². The zero-order valence-corrected chi connectivity index (χ0v) is 6.60. The lowest BCUT2D eigenvalue weighted by atomic mass is 9.87. The Morgan fingerprint density at radius 3 is 2.50 bits per heavy atom. The van der Waals surface area contributed by atoms with Crippen molar-refractivity contribution in [2.75, 3.05) is 6.54 Å². The summed E-state index contributed by atoms with van der Waals surface area (Å²) in [6.45, 7) is 0.991. The fourth-order valence-electron chi connectivity index (χ4n) is 1.76. The first-order valence-electron chi connectivity index (χ1n) is 4.37. The predicted molar refractivity (Wildman–Crippen MR) is 43.4 cm³/mol. The van der Waals surface area contributed by atoms with Crippen LogP contribution in [0, 0.1) is 5.92 Å². The number of rotatable bonds is 3. The highest BCUT2D eigenvalue weighted by Crippen LogP contribution is 2.25. The van der Waals surface area contributed by atoms with E-state index in [2.05, 4.69) is 5.43 Å². The molecule has 60 valence electrons. The van der Waals surface area contributed by atoms with E-state index >= 15 is 0 Å². The van der Waals surface area contributed by atoms with E-state index in [1.54, 1.807) is 0 Å². The molecule has 1 fully saturated rings. The Bertz CT molecular complexity index is 77.3. The predicted octanol–water partition coefficient (Wildman–Crippen LogP) is 1.42. The molecule has 3 N–H and O–H groups in total. The normalized spacial score (nSPS) is 21.3. The van der Waals surface area contributed by atoms with Crippen molar-refractivity contribution in [3.63, 3.8) is 0 Å². The zero-order valence-electron chi connectivity index (χ0n) is 6.60. The summed E-state index contributed by atoms with van der Waals surface area (Å²) < 4.78 is 0. The van der Waals surface area contributed by atoms with Gasteiger partial charge in [-0.05, 0) is 12.3 Å². The molecular weight excluding hydrogens is 124 g/mol. The van der Waals surface area contributed by atoms with Crippen molar-refractivity contribution >= 4 is 0 Å². The van der Waals surface area contributed by atoms with Gasteiger partial charge in [0.2, 0.25) is 0 Å². The van der Waals surface area contributed by atoms with Crippen LogP contribution in [0.15, 0.2) is 0 Å². The molecule has 0 heterocycles. The maximum absolute atomic E-state index is 5.20. The number of hydrazine groups is 1. The van der Waals surface area contributed by atoms with E-state index in [0.717, 1.165) is 12.5 Å². The topological polar surface area (TPSA) is 38.0 Å². The summed E-state index contributed by atoms with van der Waals surface area (Å²) in [6.07, 6.45) is 8.47. The molecule has 1 saturated carbocycles. The summed E-state index contributed by atoms with van der Waals surface area (Å²) in [4.78, 5) is 0. The van der Waals surface area contributed by atoms with Gasteiger partial charge in [0.05, 0.1) is 0 Å². The van der Waals surface area contributed by atoms with Gasteiger partial charge in [-0.2, -0.15) is 0 Å². The van der Waals surface area contributed by atoms with Crippen LogP contribution in [-0.4, -0.2) is 6.54 Å². The van der Waals surface area contributed by atoms with Crippen LogP contribution in [0.3, 0.4) is 0 Å². The van der Waals surface area contributed by atoms with Crippen molar-refractivity contribution < 1.29 is 0 Å². The monoisotopic (exact) mass is 142 g/mol. The minimum atomic E-state index is 0.963. The highest BCUT2D eigenvalue weighted by atomic mass is 15.2. The second kappa shape index (κ2) is 4.69. The fraction of sp³-hybridized carbons (Fsp3) is 1.00. The van der Waals surface area contributed by atoms with Gasteiger partial charge in [-0.3, -0.25) is 11.3 Å². The van der Waals surface area contributed by atoms with Gasteiger partial charge in [-0.25, -0.2) is 0 Å². The molecular formula is C8H18N2. The van der Waals surface area contributed by atoms with E-state index in [1.165, 1.54) is 38.5 Å². The number of hydrogen-bond acceptors (Lipinski definition) is 2. The third-order valence-electron chi connectivity index (χ3n) is 2.42. The first kappa shape index (κ1) is 8.02. The molecule has 0 spiro atoms. The van der Waals surface area contributed by atoms with Crippen molar-refractivity contribution in [3.8, 4) is 0 Å². The maximum atomic E-state index is 5.20. The number of nitrogens with two attached hydrogens (primary N) is 1. The highest BCUT2D eigenvalue weighted by molar-refractivity contribution is 4.65. The molecule has 1 rings (SSSR count). The van der Waals surface area contributed by atoms with Crippen LogP contribution in [0.5, 0.6) is 0 Å². The van der Waals surface area contributed by atoms with Gasteiger partial charge < -0.3 is 0 Å². The van der Waals surface area contributed by atoms with E-state index in [-0.39, 0.29) is 0 Å². The first-order valence-corrected chi connectivity index (χ1v) is 4.37. The molecule has 0 saturated heterocycles. The molecule has 0 unspecified atom stereocenters. The standard InChI is InChI=1S/C8H18N2/c9-10-7-6-8-4-2-1-3-5-8/h8,10H,1-7,9H2. The number of hydrogen-bond donors (Lipinski definition) is 2. The van der Waals surface area contributed by atoms with Gasteiger partial charge >= 0.3 is 0 Å². The van der Waals surface area contributed by atoms with Crippen molar-refractivity contribution in [1.82, 2.24) is 5.43 Å². The Hall–Kier alpha value is -0.0800. The molecule has 10 heavy (non-hydrogen) atoms. The summed E-state index contributed by atoms with van der Waals surface area (Å²) >= 11 is 0. The van der Waals surface area contributed by atoms with Crippen LogP contribution in [-0.2, 0) is 0 Å². The summed E-state index contributed by atoms with van der Waals surface area (Å²) in [5, 5.41) is 0. The second-order valence-corrected chi connectivity index (χ2v) is 3.25. The lowest BCUT2D eigenvalue weighted by Gasteiger charge is -2.20. The molecule has 0 bridgehead atoms.